The van der Waals surface area contributed by atoms with Crippen molar-refractivity contribution in [2.24, 2.45) is 0 Å². The molecule has 0 aromatic heterocycles. The average Bonchev–Trinajstić information content (AvgIpc) is 2.89. The first-order valence-corrected chi connectivity index (χ1v) is 11.2. The van der Waals surface area contributed by atoms with Gasteiger partial charge in [0.2, 0.25) is 0 Å². The van der Waals surface area contributed by atoms with Crippen LogP contribution in [0.4, 0.5) is 0 Å². The van der Waals surface area contributed by atoms with E-state index in [0.29, 0.717) is 0 Å². The number of carbonyl (C=O) groups excluding carboxylic acids is 1. The van der Waals surface area contributed by atoms with Crippen LogP contribution < -0.4 is 10.6 Å². The number of halogens is 1. The van der Waals surface area contributed by atoms with E-state index < -0.39 is 21.3 Å². The quantitative estimate of drug-likeness (QED) is 0.705. The van der Waals surface area contributed by atoms with E-state index in [0.717, 1.165) is 11.1 Å². The summed E-state index contributed by atoms with van der Waals surface area (Å²) in [7, 11) is -3.17. The molecule has 2 aromatic rings. The van der Waals surface area contributed by atoms with Crippen LogP contribution in [-0.4, -0.2) is 43.8 Å². The molecule has 1 heterocycles. The first-order valence-electron chi connectivity index (χ1n) is 8.93. The van der Waals surface area contributed by atoms with Gasteiger partial charge in [0.25, 0.3) is 5.91 Å². The van der Waals surface area contributed by atoms with Crippen molar-refractivity contribution in [3.63, 3.8) is 0 Å². The fourth-order valence-corrected chi connectivity index (χ4v) is 5.88. The fourth-order valence-electron chi connectivity index (χ4n) is 3.33. The van der Waals surface area contributed by atoms with E-state index in [1.54, 1.807) is 0 Å². The van der Waals surface area contributed by atoms with Gasteiger partial charge in [-0.1, -0.05) is 60.2 Å². The molecule has 5 nitrogen and oxygen atoms in total. The van der Waals surface area contributed by atoms with E-state index in [4.69, 9.17) is 11.6 Å². The Bertz CT molecular complexity index is 885. The molecule has 0 spiro atoms. The Morgan fingerprint density at radius 1 is 1.11 bits per heavy atom. The van der Waals surface area contributed by atoms with Gasteiger partial charge in [-0.3, -0.25) is 4.79 Å². The molecule has 144 valence electrons. The first kappa shape index (κ1) is 19.9. The topological polar surface area (TPSA) is 79.8 Å². The molecular formula is C20H24ClN2O3S+. The van der Waals surface area contributed by atoms with Gasteiger partial charge in [0.05, 0.1) is 22.9 Å². The lowest BCUT2D eigenvalue weighted by molar-refractivity contribution is -0.676. The summed E-state index contributed by atoms with van der Waals surface area (Å²) in [5.74, 6) is -0.387. The number of nitrogens with two attached hydrogens (primary N) is 1. The van der Waals surface area contributed by atoms with Gasteiger partial charge in [0.15, 0.2) is 16.4 Å². The predicted octanol–water partition coefficient (Wildman–Crippen LogP) is 1.17. The Morgan fingerprint density at radius 2 is 1.74 bits per heavy atom. The summed E-state index contributed by atoms with van der Waals surface area (Å²) in [5.41, 5.74) is 3.39. The number of carbonyl (C=O) groups is 1. The Morgan fingerprint density at radius 3 is 2.33 bits per heavy atom. The number of amides is 1. The number of sulfone groups is 1. The summed E-state index contributed by atoms with van der Waals surface area (Å²) in [5, 5.41) is 4.16. The number of nitrogens with one attached hydrogen (secondary N) is 1. The summed E-state index contributed by atoms with van der Waals surface area (Å²) < 4.78 is 23.3. The van der Waals surface area contributed by atoms with Crippen molar-refractivity contribution in [1.82, 2.24) is 5.32 Å². The summed E-state index contributed by atoms with van der Waals surface area (Å²) in [4.78, 5) is 12.4. The van der Waals surface area contributed by atoms with Crippen LogP contribution in [0.2, 0.25) is 0 Å². The molecular weight excluding hydrogens is 384 g/mol. The van der Waals surface area contributed by atoms with Gasteiger partial charge in [-0.05, 0) is 6.92 Å². The number of benzene rings is 2. The molecule has 0 bridgehead atoms. The van der Waals surface area contributed by atoms with Crippen LogP contribution in [0, 0.1) is 6.92 Å². The van der Waals surface area contributed by atoms with Crippen LogP contribution in [-0.2, 0) is 14.6 Å². The van der Waals surface area contributed by atoms with Crippen molar-refractivity contribution in [2.45, 2.75) is 24.4 Å². The third-order valence-corrected chi connectivity index (χ3v) is 7.14. The smallest absolute Gasteiger partial charge is 0.275 e. The van der Waals surface area contributed by atoms with Crippen molar-refractivity contribution >= 4 is 27.3 Å². The van der Waals surface area contributed by atoms with Crippen molar-refractivity contribution in [3.8, 4) is 0 Å². The van der Waals surface area contributed by atoms with Crippen molar-refractivity contribution < 1.29 is 18.5 Å². The molecule has 3 atom stereocenters. The van der Waals surface area contributed by atoms with Gasteiger partial charge >= 0.3 is 0 Å². The summed E-state index contributed by atoms with van der Waals surface area (Å²) >= 11 is 6.07. The standard InChI is InChI=1S/C20H23ClN2O3S/c1-14-7-9-16(10-8-14)20(15-5-3-2-4-6-15)22-11-19(24)23-18-13-27(25,26)12-17(18)21/h2-10,17-18,20,22H,11-13H2,1H3,(H,23,24)/p+1/t17-,18+,20+/m0/s1. The Kier molecular flexibility index (Phi) is 6.19. The number of rotatable bonds is 6. The average molecular weight is 408 g/mol. The van der Waals surface area contributed by atoms with Crippen LogP contribution >= 0.6 is 11.6 Å². The molecule has 1 fully saturated rings. The predicted molar refractivity (Wildman–Crippen MR) is 106 cm³/mol. The minimum Gasteiger partial charge on any atom is -0.346 e. The van der Waals surface area contributed by atoms with Crippen LogP contribution in [0.15, 0.2) is 54.6 Å². The molecule has 27 heavy (non-hydrogen) atoms. The summed E-state index contributed by atoms with van der Waals surface area (Å²) in [6.07, 6.45) is 0. The molecule has 2 aromatic carbocycles. The molecule has 7 heteroatoms. The number of aryl methyl sites for hydroxylation is 1. The number of alkyl halides is 1. The second kappa shape index (κ2) is 8.42. The zero-order chi connectivity index (χ0) is 19.4. The Balaban J connectivity index is 1.68. The first-order chi connectivity index (χ1) is 12.8. The van der Waals surface area contributed by atoms with E-state index in [-0.39, 0.29) is 30.0 Å². The maximum atomic E-state index is 12.4. The Hall–Kier alpha value is -1.89. The molecule has 1 aliphatic heterocycles. The third-order valence-electron chi connectivity index (χ3n) is 4.76. The minimum atomic E-state index is -3.17. The lowest BCUT2D eigenvalue weighted by Gasteiger charge is -2.18. The highest BCUT2D eigenvalue weighted by atomic mass is 35.5. The SMILES string of the molecule is Cc1ccc([C@H]([NH2+]CC(=O)N[C@@H]2CS(=O)(=O)C[C@@H]2Cl)c2ccccc2)cc1. The van der Waals surface area contributed by atoms with E-state index in [1.165, 1.54) is 5.56 Å². The largest absolute Gasteiger partial charge is 0.346 e. The van der Waals surface area contributed by atoms with Gasteiger partial charge < -0.3 is 10.6 Å². The lowest BCUT2D eigenvalue weighted by atomic mass is 9.98. The van der Waals surface area contributed by atoms with Crippen LogP contribution in [0.3, 0.4) is 0 Å². The van der Waals surface area contributed by atoms with Crippen LogP contribution in [0.25, 0.3) is 0 Å². The van der Waals surface area contributed by atoms with Gasteiger partial charge in [0.1, 0.15) is 6.04 Å². The van der Waals surface area contributed by atoms with Crippen LogP contribution in [0.5, 0.6) is 0 Å². The van der Waals surface area contributed by atoms with Gasteiger partial charge in [-0.2, -0.15) is 0 Å². The second-order valence-electron chi connectivity index (χ2n) is 7.01. The van der Waals surface area contributed by atoms with Gasteiger partial charge in [0, 0.05) is 11.1 Å². The number of hydrogen-bond acceptors (Lipinski definition) is 3. The van der Waals surface area contributed by atoms with Gasteiger partial charge in [-0.25, -0.2) is 8.42 Å². The van der Waals surface area contributed by atoms with Crippen LogP contribution in [0.1, 0.15) is 22.7 Å². The molecule has 1 amide bonds. The van der Waals surface area contributed by atoms with E-state index in [9.17, 15) is 13.2 Å². The fraction of sp³-hybridized carbons (Fsp3) is 0.350. The third kappa shape index (κ3) is 5.31. The summed E-state index contributed by atoms with van der Waals surface area (Å²) in [6, 6.07) is 17.7. The zero-order valence-corrected chi connectivity index (χ0v) is 16.7. The molecule has 0 radical (unpaired) electrons. The molecule has 0 saturated carbocycles. The molecule has 0 unspecified atom stereocenters. The monoisotopic (exact) mass is 407 g/mol. The number of hydrogen-bond donors (Lipinski definition) is 2. The highest BCUT2D eigenvalue weighted by Gasteiger charge is 2.37. The zero-order valence-electron chi connectivity index (χ0n) is 15.1. The van der Waals surface area contributed by atoms with Crippen molar-refractivity contribution in [1.29, 1.82) is 0 Å². The molecule has 0 aliphatic carbocycles. The molecule has 1 aliphatic rings. The molecule has 3 rings (SSSR count). The maximum Gasteiger partial charge on any atom is 0.275 e. The highest BCUT2D eigenvalue weighted by molar-refractivity contribution is 7.91. The highest BCUT2D eigenvalue weighted by Crippen LogP contribution is 2.19. The van der Waals surface area contributed by atoms with E-state index >= 15 is 0 Å². The Labute approximate surface area is 165 Å². The molecule has 1 saturated heterocycles. The lowest BCUT2D eigenvalue weighted by Crippen LogP contribution is -2.88. The maximum absolute atomic E-state index is 12.4. The second-order valence-corrected chi connectivity index (χ2v) is 9.72. The van der Waals surface area contributed by atoms with Gasteiger partial charge in [-0.15, -0.1) is 11.6 Å². The van der Waals surface area contributed by atoms with Crippen molar-refractivity contribution in [3.05, 3.63) is 71.3 Å². The van der Waals surface area contributed by atoms with E-state index in [2.05, 4.69) is 29.6 Å². The van der Waals surface area contributed by atoms with E-state index in [1.807, 2.05) is 42.6 Å². The molecule has 3 N–H and O–H groups in total. The normalized spacial score (nSPS) is 22.3. The summed E-state index contributed by atoms with van der Waals surface area (Å²) in [6.45, 7) is 2.23. The number of quaternary nitrogens is 1. The van der Waals surface area contributed by atoms with Crippen molar-refractivity contribution in [2.75, 3.05) is 18.1 Å². The minimum absolute atomic E-state index is 0.0170.